The number of thiophene rings is 1. The van der Waals surface area contributed by atoms with Gasteiger partial charge in [-0.25, -0.2) is 4.98 Å². The number of hydrogen-bond acceptors (Lipinski definition) is 6. The third-order valence-electron chi connectivity index (χ3n) is 4.81. The van der Waals surface area contributed by atoms with E-state index < -0.39 is 0 Å². The highest BCUT2D eigenvalue weighted by Crippen LogP contribution is 2.32. The maximum absolute atomic E-state index is 13.1. The van der Waals surface area contributed by atoms with Gasteiger partial charge in [-0.1, -0.05) is 11.8 Å². The molecular weight excluding hydrogens is 378 g/mol. The second-order valence-electron chi connectivity index (χ2n) is 6.96. The molecule has 0 saturated heterocycles. The second-order valence-corrected chi connectivity index (χ2v) is 9.11. The van der Waals surface area contributed by atoms with Gasteiger partial charge in [-0.2, -0.15) is 0 Å². The fourth-order valence-corrected chi connectivity index (χ4v) is 5.42. The van der Waals surface area contributed by atoms with Crippen molar-refractivity contribution in [1.82, 2.24) is 14.5 Å². The van der Waals surface area contributed by atoms with Crippen molar-refractivity contribution in [3.8, 4) is 5.75 Å². The lowest BCUT2D eigenvalue weighted by molar-refractivity contribution is 0.407. The van der Waals surface area contributed by atoms with Gasteiger partial charge in [0, 0.05) is 34.0 Å². The van der Waals surface area contributed by atoms with E-state index in [1.165, 1.54) is 0 Å². The molecule has 0 aliphatic carbocycles. The van der Waals surface area contributed by atoms with Crippen molar-refractivity contribution >= 4 is 33.3 Å². The number of methoxy groups -OCH3 is 1. The molecule has 0 N–H and O–H groups in total. The Hall–Kier alpha value is -1.86. The predicted octanol–water partition coefficient (Wildman–Crippen LogP) is 4.97. The van der Waals surface area contributed by atoms with Crippen molar-refractivity contribution in [2.75, 3.05) is 7.11 Å². The van der Waals surface area contributed by atoms with Crippen LogP contribution in [0.3, 0.4) is 0 Å². The maximum Gasteiger partial charge on any atom is 0.263 e. The molecule has 0 aromatic carbocycles. The zero-order chi connectivity index (χ0) is 19.9. The summed E-state index contributed by atoms with van der Waals surface area (Å²) in [5.74, 6) is 1.51. The molecule has 3 aromatic rings. The molecule has 0 atom stereocenters. The average molecular weight is 404 g/mol. The fraction of sp³-hybridized carbons (Fsp3) is 0.450. The number of ether oxygens (including phenoxy) is 1. The van der Waals surface area contributed by atoms with Gasteiger partial charge < -0.3 is 4.74 Å². The molecule has 0 bridgehead atoms. The predicted molar refractivity (Wildman–Crippen MR) is 114 cm³/mol. The third-order valence-corrected chi connectivity index (χ3v) is 6.87. The lowest BCUT2D eigenvalue weighted by Crippen LogP contribution is -2.25. The van der Waals surface area contributed by atoms with Gasteiger partial charge in [0.15, 0.2) is 5.16 Å². The Morgan fingerprint density at radius 1 is 1.22 bits per heavy atom. The molecule has 0 saturated carbocycles. The summed E-state index contributed by atoms with van der Waals surface area (Å²) in [4.78, 5) is 24.5. The lowest BCUT2D eigenvalue weighted by Gasteiger charge is -2.16. The SMILES string of the molecule is COc1c(C)cnc(CSc2nc3sc(C)c(C)c3c(=O)n2C(C)C)c1C. The van der Waals surface area contributed by atoms with E-state index in [4.69, 9.17) is 9.72 Å². The van der Waals surface area contributed by atoms with Gasteiger partial charge >= 0.3 is 0 Å². The van der Waals surface area contributed by atoms with Crippen LogP contribution in [0.1, 0.15) is 47.2 Å². The fourth-order valence-electron chi connectivity index (χ4n) is 3.19. The van der Waals surface area contributed by atoms with E-state index in [1.807, 2.05) is 47.7 Å². The summed E-state index contributed by atoms with van der Waals surface area (Å²) in [5, 5.41) is 1.49. The van der Waals surface area contributed by atoms with E-state index in [-0.39, 0.29) is 11.6 Å². The molecule has 3 rings (SSSR count). The molecule has 0 aliphatic rings. The minimum Gasteiger partial charge on any atom is -0.496 e. The first-order valence-electron chi connectivity index (χ1n) is 8.90. The van der Waals surface area contributed by atoms with E-state index in [0.717, 1.165) is 48.4 Å². The van der Waals surface area contributed by atoms with Gasteiger partial charge in [-0.15, -0.1) is 11.3 Å². The van der Waals surface area contributed by atoms with Crippen molar-refractivity contribution in [2.45, 2.75) is 58.5 Å². The third kappa shape index (κ3) is 3.50. The molecule has 5 nitrogen and oxygen atoms in total. The summed E-state index contributed by atoms with van der Waals surface area (Å²) >= 11 is 3.14. The van der Waals surface area contributed by atoms with Gasteiger partial charge in [0.05, 0.1) is 18.2 Å². The Morgan fingerprint density at radius 2 is 1.93 bits per heavy atom. The molecule has 0 spiro atoms. The quantitative estimate of drug-likeness (QED) is 0.445. The van der Waals surface area contributed by atoms with E-state index >= 15 is 0 Å². The molecule has 7 heteroatoms. The van der Waals surface area contributed by atoms with Crippen molar-refractivity contribution in [3.05, 3.63) is 43.8 Å². The number of thioether (sulfide) groups is 1. The second kappa shape index (κ2) is 7.64. The Morgan fingerprint density at radius 3 is 2.56 bits per heavy atom. The normalized spacial score (nSPS) is 11.6. The molecule has 0 amide bonds. The van der Waals surface area contributed by atoms with Gasteiger partial charge in [-0.05, 0) is 47.1 Å². The molecule has 0 fully saturated rings. The standard InChI is InChI=1S/C20H25N3O2S2/c1-10(2)23-19(24)16-12(4)14(6)27-18(16)22-20(23)26-9-15-13(5)17(25-7)11(3)8-21-15/h8,10H,9H2,1-7H3. The molecule has 144 valence electrons. The zero-order valence-electron chi connectivity index (χ0n) is 16.8. The van der Waals surface area contributed by atoms with E-state index in [1.54, 1.807) is 34.8 Å². The van der Waals surface area contributed by atoms with Crippen molar-refractivity contribution in [3.63, 3.8) is 0 Å². The minimum atomic E-state index is 0.0399. The van der Waals surface area contributed by atoms with E-state index in [0.29, 0.717) is 5.75 Å². The van der Waals surface area contributed by atoms with Crippen LogP contribution in [0.25, 0.3) is 10.2 Å². The number of hydrogen-bond donors (Lipinski definition) is 0. The van der Waals surface area contributed by atoms with Gasteiger partial charge in [0.2, 0.25) is 0 Å². The first kappa shape index (κ1) is 19.9. The first-order valence-corrected chi connectivity index (χ1v) is 10.7. The topological polar surface area (TPSA) is 57.0 Å². The lowest BCUT2D eigenvalue weighted by atomic mass is 10.1. The van der Waals surface area contributed by atoms with Crippen LogP contribution in [0, 0.1) is 27.7 Å². The number of rotatable bonds is 5. The number of aromatic nitrogens is 3. The first-order chi connectivity index (χ1) is 12.8. The van der Waals surface area contributed by atoms with Crippen molar-refractivity contribution in [2.24, 2.45) is 0 Å². The summed E-state index contributed by atoms with van der Waals surface area (Å²) in [6, 6.07) is 0.0399. The van der Waals surface area contributed by atoms with Crippen LogP contribution in [-0.2, 0) is 5.75 Å². The molecule has 3 heterocycles. The highest BCUT2D eigenvalue weighted by Gasteiger charge is 2.19. The minimum absolute atomic E-state index is 0.0399. The highest BCUT2D eigenvalue weighted by atomic mass is 32.2. The van der Waals surface area contributed by atoms with Crippen LogP contribution in [0.4, 0.5) is 0 Å². The summed E-state index contributed by atoms with van der Waals surface area (Å²) in [6.07, 6.45) is 1.83. The van der Waals surface area contributed by atoms with Crippen molar-refractivity contribution < 1.29 is 4.74 Å². The number of fused-ring (bicyclic) bond motifs is 1. The monoisotopic (exact) mass is 403 g/mol. The summed E-state index contributed by atoms with van der Waals surface area (Å²) in [6.45, 7) is 12.1. The zero-order valence-corrected chi connectivity index (χ0v) is 18.5. The van der Waals surface area contributed by atoms with Gasteiger partial charge in [0.1, 0.15) is 10.6 Å². The van der Waals surface area contributed by atoms with E-state index in [2.05, 4.69) is 4.98 Å². The summed E-state index contributed by atoms with van der Waals surface area (Å²) in [7, 11) is 1.68. The maximum atomic E-state index is 13.1. The largest absolute Gasteiger partial charge is 0.496 e. The number of pyridine rings is 1. The summed E-state index contributed by atoms with van der Waals surface area (Å²) < 4.78 is 7.30. The molecule has 0 radical (unpaired) electrons. The molecule has 0 aliphatic heterocycles. The van der Waals surface area contributed by atoms with Crippen LogP contribution in [-0.4, -0.2) is 21.6 Å². The molecule has 0 unspecified atom stereocenters. The van der Waals surface area contributed by atoms with Crippen LogP contribution in [0.15, 0.2) is 16.1 Å². The van der Waals surface area contributed by atoms with Crippen LogP contribution in [0.5, 0.6) is 5.75 Å². The van der Waals surface area contributed by atoms with Gasteiger partial charge in [-0.3, -0.25) is 14.3 Å². The van der Waals surface area contributed by atoms with Crippen molar-refractivity contribution in [1.29, 1.82) is 0 Å². The van der Waals surface area contributed by atoms with Crippen LogP contribution in [0.2, 0.25) is 0 Å². The summed E-state index contributed by atoms with van der Waals surface area (Å²) in [5.41, 5.74) is 4.09. The number of nitrogens with zero attached hydrogens (tertiary/aromatic N) is 3. The Bertz CT molecular complexity index is 1070. The molecular formula is C20H25N3O2S2. The van der Waals surface area contributed by atoms with E-state index in [9.17, 15) is 4.79 Å². The van der Waals surface area contributed by atoms with Crippen LogP contribution < -0.4 is 10.3 Å². The van der Waals surface area contributed by atoms with Crippen LogP contribution >= 0.6 is 23.1 Å². The number of aryl methyl sites for hydroxylation is 3. The highest BCUT2D eigenvalue weighted by molar-refractivity contribution is 7.98. The smallest absolute Gasteiger partial charge is 0.263 e. The Kier molecular flexibility index (Phi) is 5.63. The molecule has 3 aromatic heterocycles. The Balaban J connectivity index is 2.05. The average Bonchev–Trinajstić information content (AvgIpc) is 2.88. The molecule has 27 heavy (non-hydrogen) atoms. The van der Waals surface area contributed by atoms with Gasteiger partial charge in [0.25, 0.3) is 5.56 Å². The Labute approximate surface area is 167 Å².